The molecule has 0 aliphatic rings. The van der Waals surface area contributed by atoms with E-state index >= 15 is 0 Å². The third-order valence-corrected chi connectivity index (χ3v) is 2.49. The Morgan fingerprint density at radius 2 is 2.37 bits per heavy atom. The molecule has 0 unspecified atom stereocenters. The first kappa shape index (κ1) is 15.1. The van der Waals surface area contributed by atoms with Crippen molar-refractivity contribution in [2.45, 2.75) is 0 Å². The maximum absolute atomic E-state index is 10.8. The number of aromatic nitrogens is 1. The number of hydrogen-bond donors (Lipinski definition) is 1. The van der Waals surface area contributed by atoms with Crippen LogP contribution in [-0.4, -0.2) is 47.8 Å². The van der Waals surface area contributed by atoms with E-state index in [0.717, 1.165) is 12.3 Å². The molecule has 0 fully saturated rings. The summed E-state index contributed by atoms with van der Waals surface area (Å²) >= 11 is 5.89. The van der Waals surface area contributed by atoms with Gasteiger partial charge in [-0.15, -0.1) is 0 Å². The Kier molecular flexibility index (Phi) is 5.46. The second-order valence-corrected chi connectivity index (χ2v) is 3.97. The second kappa shape index (κ2) is 6.86. The number of carboxylic acid groups (broad SMARTS) is 1. The van der Waals surface area contributed by atoms with Gasteiger partial charge in [-0.05, 0) is 0 Å². The third kappa shape index (κ3) is 4.34. The van der Waals surface area contributed by atoms with E-state index in [-0.39, 0.29) is 36.2 Å². The topological polar surface area (TPSA) is 106 Å². The van der Waals surface area contributed by atoms with E-state index in [1.807, 2.05) is 0 Å². The van der Waals surface area contributed by atoms with Crippen LogP contribution in [0.3, 0.4) is 0 Å². The smallest absolute Gasteiger partial charge is 0.323 e. The van der Waals surface area contributed by atoms with Gasteiger partial charge in [-0.3, -0.25) is 14.9 Å². The molecule has 1 aromatic rings. The van der Waals surface area contributed by atoms with Crippen molar-refractivity contribution < 1.29 is 19.6 Å². The lowest BCUT2D eigenvalue weighted by molar-refractivity contribution is -0.385. The molecular formula is C10H12ClN3O5. The van der Waals surface area contributed by atoms with Gasteiger partial charge < -0.3 is 14.7 Å². The molecule has 1 rings (SSSR count). The van der Waals surface area contributed by atoms with Crippen LogP contribution in [0.5, 0.6) is 0 Å². The number of anilines is 1. The molecular weight excluding hydrogens is 278 g/mol. The summed E-state index contributed by atoms with van der Waals surface area (Å²) < 4.78 is 4.86. The van der Waals surface area contributed by atoms with Gasteiger partial charge in [0.1, 0.15) is 18.6 Å². The largest absolute Gasteiger partial charge is 0.480 e. The van der Waals surface area contributed by atoms with Crippen molar-refractivity contribution in [3.63, 3.8) is 0 Å². The quantitative estimate of drug-likeness (QED) is 0.593. The van der Waals surface area contributed by atoms with Crippen LogP contribution in [0.1, 0.15) is 0 Å². The molecule has 8 nitrogen and oxygen atoms in total. The van der Waals surface area contributed by atoms with Crippen molar-refractivity contribution in [1.29, 1.82) is 0 Å². The predicted octanol–water partition coefficient (Wildman–Crippen LogP) is 1.18. The number of ether oxygens (including phenoxy) is 1. The number of nitrogens with zero attached hydrogens (tertiary/aromatic N) is 3. The number of pyridine rings is 1. The fraction of sp³-hybridized carbons (Fsp3) is 0.400. The lowest BCUT2D eigenvalue weighted by Gasteiger charge is -2.21. The van der Waals surface area contributed by atoms with E-state index in [1.54, 1.807) is 0 Å². The third-order valence-electron chi connectivity index (χ3n) is 2.21. The zero-order valence-corrected chi connectivity index (χ0v) is 10.8. The van der Waals surface area contributed by atoms with E-state index in [0.29, 0.717) is 0 Å². The summed E-state index contributed by atoms with van der Waals surface area (Å²) in [7, 11) is 1.48. The number of carboxylic acids is 1. The van der Waals surface area contributed by atoms with E-state index in [4.69, 9.17) is 21.4 Å². The van der Waals surface area contributed by atoms with Crippen LogP contribution in [0.4, 0.5) is 11.5 Å². The zero-order valence-electron chi connectivity index (χ0n) is 10.1. The highest BCUT2D eigenvalue weighted by molar-refractivity contribution is 6.33. The summed E-state index contributed by atoms with van der Waals surface area (Å²) in [5, 5.41) is 19.4. The van der Waals surface area contributed by atoms with Gasteiger partial charge >= 0.3 is 5.97 Å². The molecule has 1 aromatic heterocycles. The lowest BCUT2D eigenvalue weighted by atomic mass is 10.3. The van der Waals surface area contributed by atoms with Crippen LogP contribution < -0.4 is 4.90 Å². The van der Waals surface area contributed by atoms with E-state index < -0.39 is 10.9 Å². The number of rotatable bonds is 7. The molecule has 19 heavy (non-hydrogen) atoms. The number of aliphatic carboxylic acids is 1. The molecule has 9 heteroatoms. The molecule has 0 amide bonds. The van der Waals surface area contributed by atoms with Crippen LogP contribution >= 0.6 is 11.6 Å². The van der Waals surface area contributed by atoms with Crippen molar-refractivity contribution in [2.24, 2.45) is 0 Å². The molecule has 0 radical (unpaired) electrons. The van der Waals surface area contributed by atoms with Crippen LogP contribution in [0.2, 0.25) is 5.02 Å². The minimum absolute atomic E-state index is 0.0200. The zero-order chi connectivity index (χ0) is 14.4. The molecule has 0 bridgehead atoms. The Morgan fingerprint density at radius 3 is 2.84 bits per heavy atom. The van der Waals surface area contributed by atoms with Gasteiger partial charge in [-0.1, -0.05) is 11.6 Å². The Hall–Kier alpha value is -1.93. The Balaban J connectivity index is 3.00. The fourth-order valence-corrected chi connectivity index (χ4v) is 1.66. The normalized spacial score (nSPS) is 10.2. The Bertz CT molecular complexity index is 482. The number of hydrogen-bond acceptors (Lipinski definition) is 6. The summed E-state index contributed by atoms with van der Waals surface area (Å²) in [4.78, 5) is 25.9. The highest BCUT2D eigenvalue weighted by Gasteiger charge is 2.18. The summed E-state index contributed by atoms with van der Waals surface area (Å²) in [5.74, 6) is -0.890. The van der Waals surface area contributed by atoms with Gasteiger partial charge in [0.2, 0.25) is 0 Å². The standard InChI is InChI=1S/C10H12ClN3O5/c1-19-3-2-13(6-9(15)16)10-8(11)4-7(5-12-10)14(17)18/h4-5H,2-3,6H2,1H3,(H,15,16). The number of nitro groups is 1. The van der Waals surface area contributed by atoms with Crippen LogP contribution in [0.25, 0.3) is 0 Å². The first-order valence-corrected chi connectivity index (χ1v) is 5.59. The number of carbonyl (C=O) groups is 1. The number of methoxy groups -OCH3 is 1. The van der Waals surface area contributed by atoms with Crippen molar-refractivity contribution in [2.75, 3.05) is 31.7 Å². The van der Waals surface area contributed by atoms with Crippen LogP contribution in [0.15, 0.2) is 12.3 Å². The van der Waals surface area contributed by atoms with E-state index in [9.17, 15) is 14.9 Å². The second-order valence-electron chi connectivity index (χ2n) is 3.56. The summed E-state index contributed by atoms with van der Waals surface area (Å²) in [6.07, 6.45) is 1.03. The molecule has 1 heterocycles. The SMILES string of the molecule is COCCN(CC(=O)O)c1ncc([N+](=O)[O-])cc1Cl. The van der Waals surface area contributed by atoms with Crippen molar-refractivity contribution in [3.8, 4) is 0 Å². The van der Waals surface area contributed by atoms with Gasteiger partial charge in [0.15, 0.2) is 0 Å². The highest BCUT2D eigenvalue weighted by atomic mass is 35.5. The lowest BCUT2D eigenvalue weighted by Crippen LogP contribution is -2.33. The molecule has 0 atom stereocenters. The fourth-order valence-electron chi connectivity index (χ4n) is 1.38. The Labute approximate surface area is 113 Å². The minimum atomic E-state index is -1.06. The predicted molar refractivity (Wildman–Crippen MR) is 67.6 cm³/mol. The highest BCUT2D eigenvalue weighted by Crippen LogP contribution is 2.26. The summed E-state index contributed by atoms with van der Waals surface area (Å²) in [5.41, 5.74) is -0.254. The molecule has 0 spiro atoms. The molecule has 0 aliphatic carbocycles. The minimum Gasteiger partial charge on any atom is -0.480 e. The monoisotopic (exact) mass is 289 g/mol. The van der Waals surface area contributed by atoms with Crippen LogP contribution in [0, 0.1) is 10.1 Å². The van der Waals surface area contributed by atoms with Crippen molar-refractivity contribution in [3.05, 3.63) is 27.4 Å². The van der Waals surface area contributed by atoms with Crippen molar-refractivity contribution in [1.82, 2.24) is 4.98 Å². The molecule has 104 valence electrons. The van der Waals surface area contributed by atoms with Crippen molar-refractivity contribution >= 4 is 29.1 Å². The molecule has 1 N–H and O–H groups in total. The van der Waals surface area contributed by atoms with Gasteiger partial charge in [-0.25, -0.2) is 4.98 Å². The van der Waals surface area contributed by atoms with Crippen LogP contribution in [-0.2, 0) is 9.53 Å². The maximum Gasteiger partial charge on any atom is 0.323 e. The molecule has 0 aromatic carbocycles. The van der Waals surface area contributed by atoms with Gasteiger partial charge in [-0.2, -0.15) is 0 Å². The number of halogens is 1. The maximum atomic E-state index is 10.8. The average molecular weight is 290 g/mol. The van der Waals surface area contributed by atoms with Gasteiger partial charge in [0.25, 0.3) is 5.69 Å². The summed E-state index contributed by atoms with van der Waals surface area (Å²) in [6, 6.07) is 1.13. The summed E-state index contributed by atoms with van der Waals surface area (Å²) in [6.45, 7) is 0.212. The molecule has 0 saturated carbocycles. The van der Waals surface area contributed by atoms with Gasteiger partial charge in [0, 0.05) is 19.7 Å². The first-order valence-electron chi connectivity index (χ1n) is 5.21. The average Bonchev–Trinajstić information content (AvgIpc) is 2.34. The van der Waals surface area contributed by atoms with E-state index in [1.165, 1.54) is 12.0 Å². The Morgan fingerprint density at radius 1 is 1.68 bits per heavy atom. The van der Waals surface area contributed by atoms with E-state index in [2.05, 4.69) is 4.98 Å². The molecule has 0 aliphatic heterocycles. The molecule has 0 saturated heterocycles. The first-order chi connectivity index (χ1) is 8.95. The van der Waals surface area contributed by atoms with Gasteiger partial charge in [0.05, 0.1) is 16.6 Å².